The Morgan fingerprint density at radius 1 is 1.08 bits per heavy atom. The number of nitrogens with two attached hydrogens (primary N) is 1. The topological polar surface area (TPSA) is 124 Å². The van der Waals surface area contributed by atoms with Crippen LogP contribution in [0, 0.1) is 6.92 Å². The van der Waals surface area contributed by atoms with Crippen LogP contribution >= 0.6 is 11.3 Å². The lowest BCUT2D eigenvalue weighted by atomic mass is 10.1. The van der Waals surface area contributed by atoms with Gasteiger partial charge in [-0.15, -0.1) is 16.4 Å². The fourth-order valence-corrected chi connectivity index (χ4v) is 4.79. The second kappa shape index (κ2) is 10.2. The first-order valence-electron chi connectivity index (χ1n) is 11.7. The first-order valence-corrected chi connectivity index (χ1v) is 12.6. The normalized spacial score (nSPS) is 11.0. The van der Waals surface area contributed by atoms with Crippen LogP contribution in [0.2, 0.25) is 0 Å². The lowest BCUT2D eigenvalue weighted by Crippen LogP contribution is -2.13. The maximum absolute atomic E-state index is 12.9. The molecule has 0 aliphatic heterocycles. The fourth-order valence-electron chi connectivity index (χ4n) is 4.06. The van der Waals surface area contributed by atoms with E-state index in [9.17, 15) is 4.79 Å². The molecule has 0 aliphatic carbocycles. The highest BCUT2D eigenvalue weighted by Gasteiger charge is 2.15. The molecule has 0 saturated heterocycles. The van der Waals surface area contributed by atoms with Crippen molar-refractivity contribution in [1.29, 1.82) is 0 Å². The second-order valence-corrected chi connectivity index (χ2v) is 9.70. The summed E-state index contributed by atoms with van der Waals surface area (Å²) in [5.41, 5.74) is 11.0. The van der Waals surface area contributed by atoms with E-state index >= 15 is 0 Å². The SMILES string of the molecule is Cc1ncc(-c2cnnc(Nc3ccc(C(=O)Nc4cc(-c5cccs5)ccc4N)cc3)n2)n1C(C)C. The molecule has 0 bridgehead atoms. The number of anilines is 4. The molecule has 10 heteroatoms. The standard InChI is InChI=1S/C27H26N8OS/c1-16(2)35-17(3)29-15-24(35)23-14-30-34-27(33-23)31-20-9-6-18(7-10-20)26(36)32-22-13-19(8-11-21(22)28)25-5-4-12-37-25/h4-16H,28H2,1-3H3,(H,32,36)(H,31,33,34). The molecule has 3 aromatic heterocycles. The van der Waals surface area contributed by atoms with E-state index in [4.69, 9.17) is 5.73 Å². The van der Waals surface area contributed by atoms with E-state index in [0.717, 1.165) is 27.6 Å². The molecule has 9 nitrogen and oxygen atoms in total. The number of thiophene rings is 1. The predicted molar refractivity (Wildman–Crippen MR) is 148 cm³/mol. The Balaban J connectivity index is 1.30. The highest BCUT2D eigenvalue weighted by Crippen LogP contribution is 2.30. The van der Waals surface area contributed by atoms with Crippen LogP contribution in [-0.4, -0.2) is 30.6 Å². The van der Waals surface area contributed by atoms with Crippen LogP contribution in [-0.2, 0) is 0 Å². The van der Waals surface area contributed by atoms with Gasteiger partial charge in [-0.05, 0) is 74.2 Å². The maximum atomic E-state index is 12.9. The predicted octanol–water partition coefficient (Wildman–Crippen LogP) is 5.93. The molecule has 0 aliphatic rings. The Kier molecular flexibility index (Phi) is 6.65. The summed E-state index contributed by atoms with van der Waals surface area (Å²) in [7, 11) is 0. The van der Waals surface area contributed by atoms with Gasteiger partial charge in [0.2, 0.25) is 5.95 Å². The molecule has 0 atom stereocenters. The Morgan fingerprint density at radius 3 is 2.62 bits per heavy atom. The summed E-state index contributed by atoms with van der Waals surface area (Å²) in [4.78, 5) is 23.0. The average molecular weight is 511 g/mol. The molecular weight excluding hydrogens is 484 g/mol. The number of aryl methyl sites for hydroxylation is 1. The molecule has 0 spiro atoms. The lowest BCUT2D eigenvalue weighted by Gasteiger charge is -2.14. The van der Waals surface area contributed by atoms with Gasteiger partial charge in [-0.1, -0.05) is 12.1 Å². The van der Waals surface area contributed by atoms with E-state index in [1.807, 2.05) is 36.6 Å². The highest BCUT2D eigenvalue weighted by molar-refractivity contribution is 7.13. The summed E-state index contributed by atoms with van der Waals surface area (Å²) >= 11 is 1.63. The van der Waals surface area contributed by atoms with Crippen molar-refractivity contribution < 1.29 is 4.79 Å². The summed E-state index contributed by atoms with van der Waals surface area (Å²) < 4.78 is 2.10. The van der Waals surface area contributed by atoms with E-state index in [0.29, 0.717) is 28.6 Å². The molecule has 3 heterocycles. The van der Waals surface area contributed by atoms with Crippen LogP contribution in [0.4, 0.5) is 23.0 Å². The van der Waals surface area contributed by atoms with Crippen LogP contribution in [0.15, 0.2) is 72.4 Å². The zero-order valence-corrected chi connectivity index (χ0v) is 21.5. The zero-order chi connectivity index (χ0) is 25.9. The molecule has 0 radical (unpaired) electrons. The monoisotopic (exact) mass is 510 g/mol. The van der Waals surface area contributed by atoms with Gasteiger partial charge in [0.25, 0.3) is 5.91 Å². The Morgan fingerprint density at radius 2 is 1.89 bits per heavy atom. The number of nitrogens with one attached hydrogen (secondary N) is 2. The number of aromatic nitrogens is 5. The Hall–Kier alpha value is -4.57. The van der Waals surface area contributed by atoms with Gasteiger partial charge in [-0.2, -0.15) is 5.10 Å². The molecule has 0 saturated carbocycles. The minimum atomic E-state index is -0.251. The van der Waals surface area contributed by atoms with Gasteiger partial charge in [0, 0.05) is 22.2 Å². The first kappa shape index (κ1) is 24.1. The number of hydrogen-bond acceptors (Lipinski definition) is 8. The molecule has 186 valence electrons. The zero-order valence-electron chi connectivity index (χ0n) is 20.6. The quantitative estimate of drug-likeness (QED) is 0.232. The third-order valence-electron chi connectivity index (χ3n) is 5.83. The number of nitrogen functional groups attached to an aromatic ring is 1. The van der Waals surface area contributed by atoms with E-state index in [1.165, 1.54) is 0 Å². The van der Waals surface area contributed by atoms with E-state index in [2.05, 4.69) is 49.2 Å². The van der Waals surface area contributed by atoms with Gasteiger partial charge < -0.3 is 20.9 Å². The van der Waals surface area contributed by atoms with Crippen molar-refractivity contribution in [3.8, 4) is 21.8 Å². The summed E-state index contributed by atoms with van der Waals surface area (Å²) in [6.45, 7) is 6.15. The number of nitrogens with zero attached hydrogens (tertiary/aromatic N) is 5. The Bertz CT molecular complexity index is 1540. The summed E-state index contributed by atoms with van der Waals surface area (Å²) in [5, 5.41) is 16.3. The number of rotatable bonds is 7. The van der Waals surface area contributed by atoms with Gasteiger partial charge in [-0.3, -0.25) is 4.79 Å². The van der Waals surface area contributed by atoms with E-state index in [1.54, 1.807) is 54.1 Å². The van der Waals surface area contributed by atoms with Crippen molar-refractivity contribution in [1.82, 2.24) is 24.7 Å². The average Bonchev–Trinajstić information content (AvgIpc) is 3.56. The molecule has 5 aromatic rings. The van der Waals surface area contributed by atoms with Gasteiger partial charge in [-0.25, -0.2) is 9.97 Å². The van der Waals surface area contributed by atoms with Crippen molar-refractivity contribution in [3.05, 3.63) is 83.8 Å². The molecule has 0 fully saturated rings. The van der Waals surface area contributed by atoms with Gasteiger partial charge in [0.05, 0.1) is 29.5 Å². The van der Waals surface area contributed by atoms with Crippen molar-refractivity contribution >= 4 is 40.3 Å². The van der Waals surface area contributed by atoms with Crippen molar-refractivity contribution in [3.63, 3.8) is 0 Å². The van der Waals surface area contributed by atoms with Crippen molar-refractivity contribution in [2.45, 2.75) is 26.8 Å². The minimum absolute atomic E-state index is 0.232. The molecule has 0 unspecified atom stereocenters. The molecule has 5 rings (SSSR count). The number of amides is 1. The molecule has 37 heavy (non-hydrogen) atoms. The van der Waals surface area contributed by atoms with Crippen molar-refractivity contribution in [2.24, 2.45) is 0 Å². The van der Waals surface area contributed by atoms with Crippen LogP contribution < -0.4 is 16.4 Å². The number of carbonyl (C=O) groups is 1. The van der Waals surface area contributed by atoms with Gasteiger partial charge >= 0.3 is 0 Å². The highest BCUT2D eigenvalue weighted by atomic mass is 32.1. The van der Waals surface area contributed by atoms with E-state index < -0.39 is 0 Å². The van der Waals surface area contributed by atoms with Crippen LogP contribution in [0.1, 0.15) is 36.1 Å². The lowest BCUT2D eigenvalue weighted by molar-refractivity contribution is 0.102. The maximum Gasteiger partial charge on any atom is 0.255 e. The second-order valence-electron chi connectivity index (χ2n) is 8.76. The fraction of sp³-hybridized carbons (Fsp3) is 0.148. The summed E-state index contributed by atoms with van der Waals surface area (Å²) in [5.74, 6) is 1.01. The third kappa shape index (κ3) is 5.19. The Labute approximate surface area is 218 Å². The number of benzene rings is 2. The van der Waals surface area contributed by atoms with Crippen LogP contribution in [0.5, 0.6) is 0 Å². The van der Waals surface area contributed by atoms with Gasteiger partial charge in [0.1, 0.15) is 11.5 Å². The largest absolute Gasteiger partial charge is 0.397 e. The molecular formula is C27H26N8OS. The minimum Gasteiger partial charge on any atom is -0.397 e. The number of carbonyl (C=O) groups excluding carboxylic acids is 1. The summed E-state index contributed by atoms with van der Waals surface area (Å²) in [6, 6.07) is 16.9. The third-order valence-corrected chi connectivity index (χ3v) is 6.75. The summed E-state index contributed by atoms with van der Waals surface area (Å²) in [6.07, 6.45) is 3.41. The molecule has 1 amide bonds. The molecule has 2 aromatic carbocycles. The van der Waals surface area contributed by atoms with Gasteiger partial charge in [0.15, 0.2) is 0 Å². The molecule has 4 N–H and O–H groups in total. The van der Waals surface area contributed by atoms with Crippen LogP contribution in [0.25, 0.3) is 21.8 Å². The van der Waals surface area contributed by atoms with Crippen molar-refractivity contribution in [2.75, 3.05) is 16.4 Å². The van der Waals surface area contributed by atoms with Crippen LogP contribution in [0.3, 0.4) is 0 Å². The number of imidazole rings is 1. The van der Waals surface area contributed by atoms with E-state index in [-0.39, 0.29) is 11.9 Å². The smallest absolute Gasteiger partial charge is 0.255 e. The number of hydrogen-bond donors (Lipinski definition) is 3. The first-order chi connectivity index (χ1) is 17.9.